The van der Waals surface area contributed by atoms with E-state index in [1.165, 1.54) is 0 Å². The smallest absolute Gasteiger partial charge is 0.338 e. The molecule has 0 fully saturated rings. The summed E-state index contributed by atoms with van der Waals surface area (Å²) < 4.78 is 10.4. The molecule has 0 saturated heterocycles. The SMILES string of the molecule is CCOC(=O)c1cccc(NC(C)CC(C)(C)OC)c1. The number of hydrogen-bond donors (Lipinski definition) is 1. The lowest BCUT2D eigenvalue weighted by Crippen LogP contribution is -2.31. The Bertz CT molecular complexity index is 443. The molecule has 0 radical (unpaired) electrons. The molecule has 1 N–H and O–H groups in total. The van der Waals surface area contributed by atoms with Crippen LogP contribution < -0.4 is 5.32 Å². The Balaban J connectivity index is 2.68. The number of hydrogen-bond acceptors (Lipinski definition) is 4. The van der Waals surface area contributed by atoms with Crippen LogP contribution in [0, 0.1) is 0 Å². The average molecular weight is 279 g/mol. The summed E-state index contributed by atoms with van der Waals surface area (Å²) in [5.41, 5.74) is 1.30. The maximum atomic E-state index is 11.7. The highest BCUT2D eigenvalue weighted by Gasteiger charge is 2.20. The zero-order chi connectivity index (χ0) is 15.2. The lowest BCUT2D eigenvalue weighted by atomic mass is 9.99. The summed E-state index contributed by atoms with van der Waals surface area (Å²) in [6.07, 6.45) is 0.868. The second-order valence-corrected chi connectivity index (χ2v) is 5.51. The lowest BCUT2D eigenvalue weighted by molar-refractivity contribution is 0.0128. The Morgan fingerprint density at radius 3 is 2.70 bits per heavy atom. The van der Waals surface area contributed by atoms with Crippen LogP contribution in [0.4, 0.5) is 5.69 Å². The molecule has 1 atom stereocenters. The van der Waals surface area contributed by atoms with Crippen LogP contribution in [-0.2, 0) is 9.47 Å². The molecule has 0 heterocycles. The standard InChI is InChI=1S/C16H25NO3/c1-6-20-15(18)13-8-7-9-14(10-13)17-12(2)11-16(3,4)19-5/h7-10,12,17H,6,11H2,1-5H3. The van der Waals surface area contributed by atoms with Crippen molar-refractivity contribution in [3.05, 3.63) is 29.8 Å². The summed E-state index contributed by atoms with van der Waals surface area (Å²) in [6.45, 7) is 8.39. The van der Waals surface area contributed by atoms with Gasteiger partial charge in [0.1, 0.15) is 0 Å². The number of ether oxygens (including phenoxy) is 2. The van der Waals surface area contributed by atoms with Crippen molar-refractivity contribution in [3.8, 4) is 0 Å². The highest BCUT2D eigenvalue weighted by Crippen LogP contribution is 2.19. The van der Waals surface area contributed by atoms with Gasteiger partial charge in [0, 0.05) is 18.8 Å². The Labute approximate surface area is 121 Å². The molecule has 4 nitrogen and oxygen atoms in total. The minimum Gasteiger partial charge on any atom is -0.462 e. The van der Waals surface area contributed by atoms with Gasteiger partial charge in [0.15, 0.2) is 0 Å². The number of methoxy groups -OCH3 is 1. The summed E-state index contributed by atoms with van der Waals surface area (Å²) >= 11 is 0. The van der Waals surface area contributed by atoms with Crippen LogP contribution in [0.5, 0.6) is 0 Å². The van der Waals surface area contributed by atoms with E-state index in [1.54, 1.807) is 20.1 Å². The van der Waals surface area contributed by atoms with E-state index in [4.69, 9.17) is 9.47 Å². The summed E-state index contributed by atoms with van der Waals surface area (Å²) in [5, 5.41) is 3.38. The molecule has 4 heteroatoms. The minimum atomic E-state index is -0.291. The highest BCUT2D eigenvalue weighted by atomic mass is 16.5. The van der Waals surface area contributed by atoms with Crippen molar-refractivity contribution in [2.75, 3.05) is 19.0 Å². The van der Waals surface area contributed by atoms with E-state index in [2.05, 4.69) is 26.1 Å². The first kappa shape index (κ1) is 16.5. The molecular formula is C16H25NO3. The van der Waals surface area contributed by atoms with Crippen LogP contribution in [0.25, 0.3) is 0 Å². The van der Waals surface area contributed by atoms with Gasteiger partial charge in [-0.2, -0.15) is 0 Å². The summed E-state index contributed by atoms with van der Waals surface area (Å²) in [5.74, 6) is -0.291. The molecule has 0 aliphatic rings. The molecule has 20 heavy (non-hydrogen) atoms. The van der Waals surface area contributed by atoms with Crippen LogP contribution in [0.1, 0.15) is 44.5 Å². The molecular weight excluding hydrogens is 254 g/mol. The van der Waals surface area contributed by atoms with E-state index in [-0.39, 0.29) is 17.6 Å². The first-order valence-electron chi connectivity index (χ1n) is 6.97. The molecule has 1 aromatic carbocycles. The third-order valence-corrected chi connectivity index (χ3v) is 3.14. The van der Waals surface area contributed by atoms with Gasteiger partial charge in [0.2, 0.25) is 0 Å². The summed E-state index contributed by atoms with van der Waals surface area (Å²) in [7, 11) is 1.72. The molecule has 0 amide bonds. The predicted octanol–water partition coefficient (Wildman–Crippen LogP) is 3.48. The predicted molar refractivity (Wildman–Crippen MR) is 81.2 cm³/mol. The monoisotopic (exact) mass is 279 g/mol. The molecule has 0 spiro atoms. The lowest BCUT2D eigenvalue weighted by Gasteiger charge is -2.27. The number of esters is 1. The molecule has 0 saturated carbocycles. The van der Waals surface area contributed by atoms with Crippen molar-refractivity contribution in [1.82, 2.24) is 0 Å². The number of rotatable bonds is 7. The van der Waals surface area contributed by atoms with Crippen LogP contribution >= 0.6 is 0 Å². The van der Waals surface area contributed by atoms with Gasteiger partial charge in [-0.25, -0.2) is 4.79 Å². The van der Waals surface area contributed by atoms with Gasteiger partial charge in [-0.15, -0.1) is 0 Å². The third-order valence-electron chi connectivity index (χ3n) is 3.14. The molecule has 0 aliphatic heterocycles. The number of nitrogens with one attached hydrogen (secondary N) is 1. The maximum Gasteiger partial charge on any atom is 0.338 e. The third kappa shape index (κ3) is 5.21. The van der Waals surface area contributed by atoms with E-state index >= 15 is 0 Å². The second-order valence-electron chi connectivity index (χ2n) is 5.51. The Kier molecular flexibility index (Phi) is 6.02. The fourth-order valence-electron chi connectivity index (χ4n) is 2.11. The van der Waals surface area contributed by atoms with E-state index in [0.29, 0.717) is 12.2 Å². The van der Waals surface area contributed by atoms with Gasteiger partial charge < -0.3 is 14.8 Å². The fourth-order valence-corrected chi connectivity index (χ4v) is 2.11. The van der Waals surface area contributed by atoms with E-state index < -0.39 is 0 Å². The fraction of sp³-hybridized carbons (Fsp3) is 0.562. The van der Waals surface area contributed by atoms with Gasteiger partial charge in [-0.05, 0) is 52.3 Å². The Hall–Kier alpha value is -1.55. The number of anilines is 1. The zero-order valence-electron chi connectivity index (χ0n) is 13.0. The van der Waals surface area contributed by atoms with Crippen molar-refractivity contribution in [2.24, 2.45) is 0 Å². The van der Waals surface area contributed by atoms with Gasteiger partial charge in [-0.1, -0.05) is 6.07 Å². The molecule has 112 valence electrons. The Morgan fingerprint density at radius 2 is 2.10 bits per heavy atom. The largest absolute Gasteiger partial charge is 0.462 e. The maximum absolute atomic E-state index is 11.7. The van der Waals surface area contributed by atoms with Crippen LogP contribution in [-0.4, -0.2) is 31.3 Å². The van der Waals surface area contributed by atoms with Gasteiger partial charge >= 0.3 is 5.97 Å². The van der Waals surface area contributed by atoms with Gasteiger partial charge in [0.25, 0.3) is 0 Å². The Morgan fingerprint density at radius 1 is 1.40 bits per heavy atom. The number of benzene rings is 1. The number of carbonyl (C=O) groups is 1. The minimum absolute atomic E-state index is 0.175. The van der Waals surface area contributed by atoms with Crippen molar-refractivity contribution in [2.45, 2.75) is 45.8 Å². The van der Waals surface area contributed by atoms with E-state index in [0.717, 1.165) is 12.1 Å². The van der Waals surface area contributed by atoms with Gasteiger partial charge in [0.05, 0.1) is 17.8 Å². The van der Waals surface area contributed by atoms with Crippen molar-refractivity contribution < 1.29 is 14.3 Å². The average Bonchev–Trinajstić information content (AvgIpc) is 2.38. The van der Waals surface area contributed by atoms with Crippen molar-refractivity contribution in [3.63, 3.8) is 0 Å². The first-order chi connectivity index (χ1) is 9.38. The molecule has 0 aromatic heterocycles. The van der Waals surface area contributed by atoms with Crippen LogP contribution in [0.2, 0.25) is 0 Å². The van der Waals surface area contributed by atoms with Gasteiger partial charge in [-0.3, -0.25) is 0 Å². The molecule has 0 bridgehead atoms. The first-order valence-corrected chi connectivity index (χ1v) is 6.97. The van der Waals surface area contributed by atoms with Crippen molar-refractivity contribution in [1.29, 1.82) is 0 Å². The number of carbonyl (C=O) groups excluding carboxylic acids is 1. The molecule has 1 aromatic rings. The topological polar surface area (TPSA) is 47.6 Å². The summed E-state index contributed by atoms with van der Waals surface area (Å²) in [4.78, 5) is 11.7. The summed E-state index contributed by atoms with van der Waals surface area (Å²) in [6, 6.07) is 7.60. The molecule has 1 rings (SSSR count). The quantitative estimate of drug-likeness (QED) is 0.776. The van der Waals surface area contributed by atoms with Crippen LogP contribution in [0.15, 0.2) is 24.3 Å². The van der Waals surface area contributed by atoms with Crippen LogP contribution in [0.3, 0.4) is 0 Å². The van der Waals surface area contributed by atoms with E-state index in [1.807, 2.05) is 18.2 Å². The van der Waals surface area contributed by atoms with E-state index in [9.17, 15) is 4.79 Å². The molecule has 1 unspecified atom stereocenters. The zero-order valence-corrected chi connectivity index (χ0v) is 13.0. The second kappa shape index (κ2) is 7.29. The normalized spacial score (nSPS) is 12.8. The molecule has 0 aliphatic carbocycles. The van der Waals surface area contributed by atoms with Crippen molar-refractivity contribution >= 4 is 11.7 Å². The highest BCUT2D eigenvalue weighted by molar-refractivity contribution is 5.90.